The van der Waals surface area contributed by atoms with Crippen LogP contribution in [0.4, 0.5) is 4.79 Å². The molecule has 1 amide bonds. The number of carbonyl (C=O) groups excluding carboxylic acids is 1. The topological polar surface area (TPSA) is 53.3 Å². The van der Waals surface area contributed by atoms with E-state index in [9.17, 15) is 4.79 Å². The lowest BCUT2D eigenvalue weighted by molar-refractivity contribution is 0.134. The molecule has 0 aromatic carbocycles. The summed E-state index contributed by atoms with van der Waals surface area (Å²) in [5.41, 5.74) is 0. The molecule has 0 radical (unpaired) electrons. The third-order valence-corrected chi connectivity index (χ3v) is 1.76. The molecule has 4 heteroatoms. The summed E-state index contributed by atoms with van der Waals surface area (Å²) in [6, 6.07) is 1.99. The van der Waals surface area contributed by atoms with E-state index in [2.05, 4.69) is 0 Å². The number of hydrogen-bond acceptors (Lipinski definition) is 3. The minimum atomic E-state index is -0.280. The second kappa shape index (κ2) is 3.96. The monoisotopic (exact) mass is 168 g/mol. The number of cyclic esters (lactones) is 1. The fourth-order valence-corrected chi connectivity index (χ4v) is 1.24. The third kappa shape index (κ3) is 1.88. The summed E-state index contributed by atoms with van der Waals surface area (Å²) in [5.74, 6) is 0. The summed E-state index contributed by atoms with van der Waals surface area (Å²) in [6.45, 7) is 3.30. The number of nitriles is 1. The molecule has 1 rings (SSSR count). The van der Waals surface area contributed by atoms with Crippen molar-refractivity contribution in [2.45, 2.75) is 25.9 Å². The van der Waals surface area contributed by atoms with Gasteiger partial charge in [-0.05, 0) is 6.42 Å². The van der Waals surface area contributed by atoms with Crippen LogP contribution in [0.25, 0.3) is 0 Å². The highest BCUT2D eigenvalue weighted by Gasteiger charge is 2.29. The standard InChI is InChI=1S/C8H12N2O2/c1-2-5-10-6-7(3-4-9)12-8(10)11/h7H,2-3,5-6H2,1H3. The molecule has 12 heavy (non-hydrogen) atoms. The lowest BCUT2D eigenvalue weighted by Crippen LogP contribution is -2.25. The molecule has 66 valence electrons. The van der Waals surface area contributed by atoms with Gasteiger partial charge < -0.3 is 9.64 Å². The quantitative estimate of drug-likeness (QED) is 0.634. The van der Waals surface area contributed by atoms with Crippen molar-refractivity contribution in [2.75, 3.05) is 13.1 Å². The Hall–Kier alpha value is -1.24. The van der Waals surface area contributed by atoms with Gasteiger partial charge in [-0.3, -0.25) is 0 Å². The Balaban J connectivity index is 2.40. The van der Waals surface area contributed by atoms with E-state index in [1.807, 2.05) is 13.0 Å². The van der Waals surface area contributed by atoms with Crippen LogP contribution >= 0.6 is 0 Å². The van der Waals surface area contributed by atoms with Crippen LogP contribution in [0.15, 0.2) is 0 Å². The predicted octanol–water partition coefficient (Wildman–Crippen LogP) is 1.13. The highest BCUT2D eigenvalue weighted by atomic mass is 16.6. The van der Waals surface area contributed by atoms with Gasteiger partial charge in [-0.2, -0.15) is 5.26 Å². The zero-order valence-electron chi connectivity index (χ0n) is 7.12. The number of carbonyl (C=O) groups is 1. The molecule has 1 fully saturated rings. The van der Waals surface area contributed by atoms with Gasteiger partial charge in [0.1, 0.15) is 6.10 Å². The van der Waals surface area contributed by atoms with Crippen molar-refractivity contribution in [3.63, 3.8) is 0 Å². The van der Waals surface area contributed by atoms with E-state index in [0.29, 0.717) is 13.0 Å². The average molecular weight is 168 g/mol. The van der Waals surface area contributed by atoms with Gasteiger partial charge in [-0.25, -0.2) is 4.79 Å². The maximum absolute atomic E-state index is 11.0. The molecule has 1 atom stereocenters. The molecule has 0 aliphatic carbocycles. The van der Waals surface area contributed by atoms with Gasteiger partial charge in [0.15, 0.2) is 0 Å². The minimum absolute atomic E-state index is 0.214. The normalized spacial score (nSPS) is 22.2. The van der Waals surface area contributed by atoms with E-state index < -0.39 is 0 Å². The molecule has 0 bridgehead atoms. The van der Waals surface area contributed by atoms with Crippen molar-refractivity contribution >= 4 is 6.09 Å². The van der Waals surface area contributed by atoms with Crippen molar-refractivity contribution in [2.24, 2.45) is 0 Å². The lowest BCUT2D eigenvalue weighted by Gasteiger charge is -2.09. The van der Waals surface area contributed by atoms with Crippen LogP contribution in [0, 0.1) is 11.3 Å². The Bertz CT molecular complexity index is 210. The Morgan fingerprint density at radius 2 is 2.58 bits per heavy atom. The maximum Gasteiger partial charge on any atom is 0.410 e. The molecule has 1 unspecified atom stereocenters. The van der Waals surface area contributed by atoms with Crippen molar-refractivity contribution in [1.82, 2.24) is 4.90 Å². The van der Waals surface area contributed by atoms with E-state index >= 15 is 0 Å². The Morgan fingerprint density at radius 3 is 3.17 bits per heavy atom. The summed E-state index contributed by atoms with van der Waals surface area (Å²) < 4.78 is 4.93. The van der Waals surface area contributed by atoms with Crippen molar-refractivity contribution in [3.05, 3.63) is 0 Å². The second-order valence-corrected chi connectivity index (χ2v) is 2.81. The van der Waals surface area contributed by atoms with Crippen LogP contribution in [0.3, 0.4) is 0 Å². The molecular weight excluding hydrogens is 156 g/mol. The molecule has 1 saturated heterocycles. The summed E-state index contributed by atoms with van der Waals surface area (Å²) in [4.78, 5) is 12.7. The summed E-state index contributed by atoms with van der Waals surface area (Å²) in [5, 5.41) is 8.37. The summed E-state index contributed by atoms with van der Waals surface area (Å²) in [7, 11) is 0. The molecule has 1 heterocycles. The van der Waals surface area contributed by atoms with Crippen LogP contribution in [-0.4, -0.2) is 30.2 Å². The zero-order chi connectivity index (χ0) is 8.97. The maximum atomic E-state index is 11.0. The molecule has 0 spiro atoms. The van der Waals surface area contributed by atoms with Crippen LogP contribution in [0.5, 0.6) is 0 Å². The Morgan fingerprint density at radius 1 is 1.83 bits per heavy atom. The first-order chi connectivity index (χ1) is 5.77. The first-order valence-electron chi connectivity index (χ1n) is 4.10. The van der Waals surface area contributed by atoms with Crippen LogP contribution in [0.1, 0.15) is 19.8 Å². The zero-order valence-corrected chi connectivity index (χ0v) is 7.12. The number of nitrogens with zero attached hydrogens (tertiary/aromatic N) is 2. The van der Waals surface area contributed by atoms with Gasteiger partial charge in [-0.1, -0.05) is 6.92 Å². The van der Waals surface area contributed by atoms with Crippen molar-refractivity contribution in [1.29, 1.82) is 5.26 Å². The average Bonchev–Trinajstić information content (AvgIpc) is 2.34. The smallest absolute Gasteiger partial charge is 0.410 e. The lowest BCUT2D eigenvalue weighted by atomic mass is 10.2. The van der Waals surface area contributed by atoms with E-state index in [1.54, 1.807) is 4.90 Å². The minimum Gasteiger partial charge on any atom is -0.443 e. The fourth-order valence-electron chi connectivity index (χ4n) is 1.24. The van der Waals surface area contributed by atoms with Gasteiger partial charge >= 0.3 is 6.09 Å². The van der Waals surface area contributed by atoms with Crippen molar-refractivity contribution < 1.29 is 9.53 Å². The molecular formula is C8H12N2O2. The first-order valence-corrected chi connectivity index (χ1v) is 4.10. The van der Waals surface area contributed by atoms with Crippen molar-refractivity contribution in [3.8, 4) is 6.07 Å². The van der Waals surface area contributed by atoms with Gasteiger partial charge in [0.05, 0.1) is 19.0 Å². The largest absolute Gasteiger partial charge is 0.443 e. The van der Waals surface area contributed by atoms with E-state index in [1.165, 1.54) is 0 Å². The van der Waals surface area contributed by atoms with Gasteiger partial charge in [0.25, 0.3) is 0 Å². The highest BCUT2D eigenvalue weighted by Crippen LogP contribution is 2.13. The summed E-state index contributed by atoms with van der Waals surface area (Å²) in [6.07, 6.45) is 0.728. The highest BCUT2D eigenvalue weighted by molar-refractivity contribution is 5.69. The molecule has 0 aromatic rings. The van der Waals surface area contributed by atoms with E-state index in [4.69, 9.17) is 10.00 Å². The molecule has 0 aromatic heterocycles. The van der Waals surface area contributed by atoms with Crippen LogP contribution in [0.2, 0.25) is 0 Å². The van der Waals surface area contributed by atoms with E-state index in [-0.39, 0.29) is 12.2 Å². The van der Waals surface area contributed by atoms with Gasteiger partial charge in [0.2, 0.25) is 0 Å². The summed E-state index contributed by atoms with van der Waals surface area (Å²) >= 11 is 0. The van der Waals surface area contributed by atoms with E-state index in [0.717, 1.165) is 13.0 Å². The molecule has 1 aliphatic heterocycles. The molecule has 4 nitrogen and oxygen atoms in total. The number of hydrogen-bond donors (Lipinski definition) is 0. The van der Waals surface area contributed by atoms with Gasteiger partial charge in [0, 0.05) is 6.54 Å². The number of rotatable bonds is 3. The Kier molecular flexibility index (Phi) is 2.92. The van der Waals surface area contributed by atoms with Gasteiger partial charge in [-0.15, -0.1) is 0 Å². The fraction of sp³-hybridized carbons (Fsp3) is 0.750. The van der Waals surface area contributed by atoms with Crippen LogP contribution < -0.4 is 0 Å². The Labute approximate surface area is 71.7 Å². The number of amides is 1. The van der Waals surface area contributed by atoms with Crippen LogP contribution in [-0.2, 0) is 4.74 Å². The third-order valence-electron chi connectivity index (χ3n) is 1.76. The first kappa shape index (κ1) is 8.85. The SMILES string of the molecule is CCCN1CC(CC#N)OC1=O. The molecule has 0 N–H and O–H groups in total. The number of ether oxygens (including phenoxy) is 1. The molecule has 0 saturated carbocycles. The second-order valence-electron chi connectivity index (χ2n) is 2.81. The predicted molar refractivity (Wildman–Crippen MR) is 42.4 cm³/mol. The molecule has 1 aliphatic rings.